The lowest BCUT2D eigenvalue weighted by Gasteiger charge is -2.38. The molecule has 0 fully saturated rings. The SMILES string of the molecule is CC1(C)c2cccc(P(c3ccccc3)c3ccccc3)c2Oc2c1cccc2[P+](c1ccccc1)(c1ccccc1)c1ccc2cn[nH]c2c1. The van der Waals surface area contributed by atoms with Gasteiger partial charge in [-0.1, -0.05) is 141 Å². The molecular formula is C46H37N2OP2+. The first-order chi connectivity index (χ1) is 25.1. The molecule has 0 spiro atoms. The lowest BCUT2D eigenvalue weighted by atomic mass is 9.76. The summed E-state index contributed by atoms with van der Waals surface area (Å²) in [6, 6.07) is 64.4. The van der Waals surface area contributed by atoms with Gasteiger partial charge < -0.3 is 4.74 Å². The first-order valence-electron chi connectivity index (χ1n) is 17.4. The molecule has 0 saturated carbocycles. The highest BCUT2D eigenvalue weighted by molar-refractivity contribution is 8.01. The topological polar surface area (TPSA) is 37.9 Å². The molecule has 2 heterocycles. The molecule has 0 aliphatic carbocycles. The molecule has 3 nitrogen and oxygen atoms in total. The van der Waals surface area contributed by atoms with Gasteiger partial charge in [0.25, 0.3) is 0 Å². The highest BCUT2D eigenvalue weighted by Gasteiger charge is 2.52. The Morgan fingerprint density at radius 2 is 1.10 bits per heavy atom. The third-order valence-electron chi connectivity index (χ3n) is 10.3. The summed E-state index contributed by atoms with van der Waals surface area (Å²) in [5.41, 5.74) is 3.12. The minimum atomic E-state index is -2.54. The molecule has 7 aromatic carbocycles. The Labute approximate surface area is 301 Å². The molecule has 8 aromatic rings. The largest absolute Gasteiger partial charge is 0.452 e. The second kappa shape index (κ2) is 12.8. The monoisotopic (exact) mass is 695 g/mol. The molecule has 5 heteroatoms. The zero-order chi connectivity index (χ0) is 34.4. The standard InChI is InChI=1S/C46H37N2OP2/c1-46(2)39-25-15-27-42(50(34-17-7-3-8-18-34)35-19-9-4-10-20-35)44(39)49-45-40(46)26-16-28-43(45)51(36-21-11-5-12-22-36,37-23-13-6-14-24-37)38-30-29-33-32-47-48-41(33)31-38/h3-32H,1-2H3,(H,47,48)/q+1. The molecule has 1 aromatic heterocycles. The van der Waals surface area contributed by atoms with E-state index >= 15 is 0 Å². The van der Waals surface area contributed by atoms with E-state index in [1.165, 1.54) is 48.3 Å². The van der Waals surface area contributed by atoms with Crippen molar-refractivity contribution in [2.24, 2.45) is 0 Å². The summed E-state index contributed by atoms with van der Waals surface area (Å²) >= 11 is 0. The van der Waals surface area contributed by atoms with Crippen molar-refractivity contribution in [3.05, 3.63) is 193 Å². The number of nitrogens with one attached hydrogen (secondary N) is 1. The van der Waals surface area contributed by atoms with Gasteiger partial charge in [0.2, 0.25) is 0 Å². The molecule has 0 saturated heterocycles. The van der Waals surface area contributed by atoms with Crippen molar-refractivity contribution in [2.45, 2.75) is 19.3 Å². The van der Waals surface area contributed by atoms with Crippen LogP contribution in [0.15, 0.2) is 182 Å². The van der Waals surface area contributed by atoms with Crippen LogP contribution in [0.4, 0.5) is 0 Å². The van der Waals surface area contributed by atoms with Gasteiger partial charge in [-0.25, -0.2) is 0 Å². The number of ether oxygens (including phenoxy) is 1. The second-order valence-corrected chi connectivity index (χ2v) is 19.1. The molecule has 0 unspecified atom stereocenters. The number of hydrogen-bond acceptors (Lipinski definition) is 2. The molecular weight excluding hydrogens is 658 g/mol. The van der Waals surface area contributed by atoms with Crippen LogP contribution in [0.2, 0.25) is 0 Å². The molecule has 0 bridgehead atoms. The summed E-state index contributed by atoms with van der Waals surface area (Å²) in [4.78, 5) is 0. The number of hydrogen-bond donors (Lipinski definition) is 1. The maximum absolute atomic E-state index is 7.57. The molecule has 1 aliphatic rings. The van der Waals surface area contributed by atoms with Crippen LogP contribution in [-0.4, -0.2) is 10.2 Å². The van der Waals surface area contributed by atoms with Crippen molar-refractivity contribution in [1.29, 1.82) is 0 Å². The lowest BCUT2D eigenvalue weighted by Crippen LogP contribution is -2.41. The molecule has 1 N–H and O–H groups in total. The molecule has 1 aliphatic heterocycles. The van der Waals surface area contributed by atoms with Gasteiger partial charge in [0, 0.05) is 33.3 Å². The van der Waals surface area contributed by atoms with Crippen LogP contribution in [-0.2, 0) is 5.41 Å². The zero-order valence-corrected chi connectivity index (χ0v) is 30.4. The van der Waals surface area contributed by atoms with Crippen LogP contribution < -0.4 is 41.9 Å². The van der Waals surface area contributed by atoms with Crippen LogP contribution in [0, 0.1) is 0 Å². The van der Waals surface area contributed by atoms with Gasteiger partial charge in [0.05, 0.1) is 11.7 Å². The van der Waals surface area contributed by atoms with E-state index in [1.807, 2.05) is 6.20 Å². The van der Waals surface area contributed by atoms with Crippen molar-refractivity contribution in [3.8, 4) is 11.5 Å². The van der Waals surface area contributed by atoms with Gasteiger partial charge in [-0.05, 0) is 61.0 Å². The summed E-state index contributed by atoms with van der Waals surface area (Å²) in [6.07, 6.45) is 1.90. The molecule has 0 atom stereocenters. The fourth-order valence-corrected chi connectivity index (χ4v) is 14.6. The fraction of sp³-hybridized carbons (Fsp3) is 0.0652. The normalized spacial score (nSPS) is 13.4. The van der Waals surface area contributed by atoms with Crippen LogP contribution in [0.3, 0.4) is 0 Å². The van der Waals surface area contributed by atoms with E-state index in [1.54, 1.807) is 0 Å². The number of benzene rings is 7. The fourth-order valence-electron chi connectivity index (χ4n) is 7.82. The van der Waals surface area contributed by atoms with Gasteiger partial charge in [-0.3, -0.25) is 5.10 Å². The number of H-pyrrole nitrogens is 1. The highest BCUT2D eigenvalue weighted by Crippen LogP contribution is 2.60. The molecule has 51 heavy (non-hydrogen) atoms. The Balaban J connectivity index is 1.35. The van der Waals surface area contributed by atoms with Crippen LogP contribution in [0.1, 0.15) is 25.0 Å². The van der Waals surface area contributed by atoms with E-state index in [4.69, 9.17) is 4.74 Å². The molecule has 9 rings (SSSR count). The first kappa shape index (κ1) is 31.6. The Bertz CT molecular complexity index is 2400. The molecule has 0 amide bonds. The van der Waals surface area contributed by atoms with Crippen molar-refractivity contribution in [2.75, 3.05) is 0 Å². The summed E-state index contributed by atoms with van der Waals surface area (Å²) in [5, 5.41) is 17.6. The van der Waals surface area contributed by atoms with E-state index in [9.17, 15) is 0 Å². The van der Waals surface area contributed by atoms with Crippen molar-refractivity contribution < 1.29 is 4.74 Å². The van der Waals surface area contributed by atoms with Gasteiger partial charge in [0.15, 0.2) is 11.1 Å². The predicted octanol–water partition coefficient (Wildman–Crippen LogP) is 8.37. The lowest BCUT2D eigenvalue weighted by molar-refractivity contribution is 0.425. The minimum Gasteiger partial charge on any atom is -0.452 e. The van der Waals surface area contributed by atoms with E-state index in [2.05, 4.69) is 200 Å². The van der Waals surface area contributed by atoms with Gasteiger partial charge in [-0.2, -0.15) is 5.10 Å². The Hall–Kier alpha value is -5.33. The molecule has 0 radical (unpaired) electrons. The van der Waals surface area contributed by atoms with E-state index in [0.29, 0.717) is 0 Å². The average Bonchev–Trinajstić information content (AvgIpc) is 3.66. The third kappa shape index (κ3) is 5.15. The summed E-state index contributed by atoms with van der Waals surface area (Å²) < 4.78 is 7.57. The number of para-hydroxylation sites is 2. The van der Waals surface area contributed by atoms with Crippen LogP contribution in [0.5, 0.6) is 11.5 Å². The quantitative estimate of drug-likeness (QED) is 0.170. The Kier molecular flexibility index (Phi) is 7.92. The summed E-state index contributed by atoms with van der Waals surface area (Å²) in [6.45, 7) is 4.71. The van der Waals surface area contributed by atoms with Crippen molar-refractivity contribution in [1.82, 2.24) is 10.2 Å². The van der Waals surface area contributed by atoms with E-state index in [-0.39, 0.29) is 5.41 Å². The number of nitrogens with zero attached hydrogens (tertiary/aromatic N) is 1. The zero-order valence-electron chi connectivity index (χ0n) is 28.6. The van der Waals surface area contributed by atoms with Gasteiger partial charge >= 0.3 is 0 Å². The Morgan fingerprint density at radius 1 is 0.549 bits per heavy atom. The highest BCUT2D eigenvalue weighted by atomic mass is 31.2. The maximum atomic E-state index is 7.57. The maximum Gasteiger partial charge on any atom is 0.174 e. The summed E-state index contributed by atoms with van der Waals surface area (Å²) in [5.74, 6) is 1.94. The smallest absolute Gasteiger partial charge is 0.174 e. The number of fused-ring (bicyclic) bond motifs is 3. The van der Waals surface area contributed by atoms with Gasteiger partial charge in [-0.15, -0.1) is 0 Å². The second-order valence-electron chi connectivity index (χ2n) is 13.5. The number of aromatic amines is 1. The summed E-state index contributed by atoms with van der Waals surface area (Å²) in [7, 11) is -3.44. The number of aromatic nitrogens is 2. The minimum absolute atomic E-state index is 0.320. The van der Waals surface area contributed by atoms with E-state index < -0.39 is 15.2 Å². The Morgan fingerprint density at radius 3 is 1.71 bits per heavy atom. The first-order valence-corrected chi connectivity index (χ1v) is 20.5. The van der Waals surface area contributed by atoms with Crippen LogP contribution in [0.25, 0.3) is 10.9 Å². The third-order valence-corrected chi connectivity index (χ3v) is 17.0. The number of rotatable bonds is 7. The van der Waals surface area contributed by atoms with Crippen LogP contribution >= 0.6 is 15.2 Å². The van der Waals surface area contributed by atoms with Gasteiger partial charge in [0.1, 0.15) is 28.9 Å². The predicted molar refractivity (Wildman–Crippen MR) is 218 cm³/mol. The van der Waals surface area contributed by atoms with Crippen molar-refractivity contribution in [3.63, 3.8) is 0 Å². The van der Waals surface area contributed by atoms with E-state index in [0.717, 1.165) is 22.4 Å². The average molecular weight is 696 g/mol. The van der Waals surface area contributed by atoms with Crippen molar-refractivity contribution >= 4 is 63.2 Å². The molecule has 246 valence electrons.